The van der Waals surface area contributed by atoms with Crippen LogP contribution in [-0.2, 0) is 6.42 Å². The Kier molecular flexibility index (Phi) is 3.51. The molecule has 0 atom stereocenters. The van der Waals surface area contributed by atoms with Crippen LogP contribution in [0.5, 0.6) is 0 Å². The maximum absolute atomic E-state index is 6.05. The van der Waals surface area contributed by atoms with Gasteiger partial charge in [-0.25, -0.2) is 4.98 Å². The van der Waals surface area contributed by atoms with Gasteiger partial charge in [-0.15, -0.1) is 0 Å². The van der Waals surface area contributed by atoms with Gasteiger partial charge in [0.05, 0.1) is 5.69 Å². The minimum Gasteiger partial charge on any atom is -0.396 e. The van der Waals surface area contributed by atoms with Gasteiger partial charge < -0.3 is 11.1 Å². The molecule has 0 saturated carbocycles. The molecule has 1 aromatic heterocycles. The summed E-state index contributed by atoms with van der Waals surface area (Å²) in [6.07, 6.45) is 2.76. The first-order valence-electron chi connectivity index (χ1n) is 6.20. The van der Waals surface area contributed by atoms with Gasteiger partial charge in [-0.05, 0) is 43.0 Å². The zero-order chi connectivity index (χ0) is 13.1. The van der Waals surface area contributed by atoms with Gasteiger partial charge in [-0.1, -0.05) is 25.1 Å². The Bertz CT molecular complexity index is 562. The molecule has 0 unspecified atom stereocenters. The third-order valence-electron chi connectivity index (χ3n) is 3.19. The van der Waals surface area contributed by atoms with Crippen molar-refractivity contribution in [1.82, 2.24) is 4.98 Å². The van der Waals surface area contributed by atoms with Gasteiger partial charge in [0.1, 0.15) is 0 Å². The molecule has 2 aromatic rings. The first kappa shape index (κ1) is 12.4. The fraction of sp³-hybridized carbons (Fsp3) is 0.267. The summed E-state index contributed by atoms with van der Waals surface area (Å²) in [6, 6.07) is 8.21. The highest BCUT2D eigenvalue weighted by Crippen LogP contribution is 2.28. The standard InChI is InChI=1S/C15H19N3/c1-4-12-7-5-6-11(3)14(12)18-15-13(16)10(2)8-9-17-15/h5-9H,4,16H2,1-3H3,(H,17,18). The summed E-state index contributed by atoms with van der Waals surface area (Å²) in [5, 5.41) is 3.36. The Labute approximate surface area is 108 Å². The van der Waals surface area contributed by atoms with Crippen LogP contribution in [0, 0.1) is 13.8 Å². The van der Waals surface area contributed by atoms with Crippen LogP contribution in [0.25, 0.3) is 0 Å². The maximum Gasteiger partial charge on any atom is 0.153 e. The fourth-order valence-corrected chi connectivity index (χ4v) is 1.99. The average molecular weight is 241 g/mol. The number of rotatable bonds is 3. The molecule has 3 nitrogen and oxygen atoms in total. The molecule has 1 heterocycles. The molecule has 3 N–H and O–H groups in total. The van der Waals surface area contributed by atoms with Crippen molar-refractivity contribution >= 4 is 17.2 Å². The van der Waals surface area contributed by atoms with Gasteiger partial charge in [-0.2, -0.15) is 0 Å². The second kappa shape index (κ2) is 5.08. The van der Waals surface area contributed by atoms with Crippen molar-refractivity contribution in [1.29, 1.82) is 0 Å². The summed E-state index contributed by atoms with van der Waals surface area (Å²) in [4.78, 5) is 4.31. The molecular formula is C15H19N3. The lowest BCUT2D eigenvalue weighted by molar-refractivity contribution is 1.13. The largest absolute Gasteiger partial charge is 0.396 e. The molecule has 18 heavy (non-hydrogen) atoms. The number of para-hydroxylation sites is 1. The van der Waals surface area contributed by atoms with Crippen LogP contribution >= 0.6 is 0 Å². The number of nitrogen functional groups attached to an aromatic ring is 1. The van der Waals surface area contributed by atoms with E-state index in [4.69, 9.17) is 5.73 Å². The molecule has 0 spiro atoms. The van der Waals surface area contributed by atoms with Crippen molar-refractivity contribution in [2.24, 2.45) is 0 Å². The number of aryl methyl sites for hydroxylation is 3. The summed E-state index contributed by atoms with van der Waals surface area (Å²) in [7, 11) is 0. The monoisotopic (exact) mass is 241 g/mol. The number of aromatic nitrogens is 1. The Balaban J connectivity index is 2.43. The van der Waals surface area contributed by atoms with Crippen LogP contribution < -0.4 is 11.1 Å². The second-order valence-corrected chi connectivity index (χ2v) is 4.48. The lowest BCUT2D eigenvalue weighted by Crippen LogP contribution is -2.04. The maximum atomic E-state index is 6.05. The van der Waals surface area contributed by atoms with Gasteiger partial charge in [0.2, 0.25) is 0 Å². The van der Waals surface area contributed by atoms with Crippen LogP contribution in [0.1, 0.15) is 23.6 Å². The van der Waals surface area contributed by atoms with E-state index >= 15 is 0 Å². The topological polar surface area (TPSA) is 50.9 Å². The third kappa shape index (κ3) is 2.30. The highest BCUT2D eigenvalue weighted by molar-refractivity contribution is 5.74. The fourth-order valence-electron chi connectivity index (χ4n) is 1.99. The predicted molar refractivity (Wildman–Crippen MR) is 77.2 cm³/mol. The minimum absolute atomic E-state index is 0.711. The molecule has 0 saturated heterocycles. The van der Waals surface area contributed by atoms with Crippen molar-refractivity contribution in [2.45, 2.75) is 27.2 Å². The Morgan fingerprint density at radius 3 is 2.67 bits per heavy atom. The van der Waals surface area contributed by atoms with E-state index in [9.17, 15) is 0 Å². The molecule has 0 fully saturated rings. The van der Waals surface area contributed by atoms with Crippen molar-refractivity contribution in [3.8, 4) is 0 Å². The first-order chi connectivity index (χ1) is 8.63. The van der Waals surface area contributed by atoms with E-state index in [2.05, 4.69) is 42.3 Å². The van der Waals surface area contributed by atoms with Crippen LogP contribution in [-0.4, -0.2) is 4.98 Å². The molecule has 1 aromatic carbocycles. The Morgan fingerprint density at radius 1 is 1.17 bits per heavy atom. The van der Waals surface area contributed by atoms with E-state index in [1.54, 1.807) is 6.20 Å². The van der Waals surface area contributed by atoms with E-state index in [-0.39, 0.29) is 0 Å². The predicted octanol–water partition coefficient (Wildman–Crippen LogP) is 3.59. The SMILES string of the molecule is CCc1cccc(C)c1Nc1nccc(C)c1N. The molecule has 0 aliphatic rings. The van der Waals surface area contributed by atoms with E-state index in [1.165, 1.54) is 11.1 Å². The smallest absolute Gasteiger partial charge is 0.153 e. The lowest BCUT2D eigenvalue weighted by atomic mass is 10.1. The summed E-state index contributed by atoms with van der Waals surface area (Å²) in [6.45, 7) is 6.22. The van der Waals surface area contributed by atoms with E-state index in [0.717, 1.165) is 23.5 Å². The van der Waals surface area contributed by atoms with Gasteiger partial charge in [0, 0.05) is 11.9 Å². The van der Waals surface area contributed by atoms with Crippen molar-refractivity contribution in [3.63, 3.8) is 0 Å². The summed E-state index contributed by atoms with van der Waals surface area (Å²) in [5.74, 6) is 0.735. The van der Waals surface area contributed by atoms with Crippen LogP contribution in [0.4, 0.5) is 17.2 Å². The zero-order valence-electron chi connectivity index (χ0n) is 11.1. The molecule has 2 rings (SSSR count). The van der Waals surface area contributed by atoms with Crippen molar-refractivity contribution in [3.05, 3.63) is 47.2 Å². The number of hydrogen-bond donors (Lipinski definition) is 2. The van der Waals surface area contributed by atoms with Gasteiger partial charge >= 0.3 is 0 Å². The highest BCUT2D eigenvalue weighted by atomic mass is 15.0. The van der Waals surface area contributed by atoms with E-state index in [0.29, 0.717) is 5.69 Å². The molecule has 0 amide bonds. The highest BCUT2D eigenvalue weighted by Gasteiger charge is 2.08. The summed E-state index contributed by atoms with van der Waals surface area (Å²) < 4.78 is 0. The molecule has 0 radical (unpaired) electrons. The number of benzene rings is 1. The molecule has 3 heteroatoms. The van der Waals surface area contributed by atoms with Crippen LogP contribution in [0.15, 0.2) is 30.5 Å². The summed E-state index contributed by atoms with van der Waals surface area (Å²) in [5.41, 5.74) is 11.4. The summed E-state index contributed by atoms with van der Waals surface area (Å²) >= 11 is 0. The van der Waals surface area contributed by atoms with Gasteiger partial charge in [0.25, 0.3) is 0 Å². The number of hydrogen-bond acceptors (Lipinski definition) is 3. The Morgan fingerprint density at radius 2 is 1.94 bits per heavy atom. The molecule has 0 bridgehead atoms. The molecular weight excluding hydrogens is 222 g/mol. The molecule has 0 aliphatic carbocycles. The quantitative estimate of drug-likeness (QED) is 0.863. The number of nitrogens with two attached hydrogens (primary N) is 1. The normalized spacial score (nSPS) is 10.4. The second-order valence-electron chi connectivity index (χ2n) is 4.48. The lowest BCUT2D eigenvalue weighted by Gasteiger charge is -2.15. The van der Waals surface area contributed by atoms with E-state index < -0.39 is 0 Å². The van der Waals surface area contributed by atoms with Gasteiger partial charge in [-0.3, -0.25) is 0 Å². The number of pyridine rings is 1. The average Bonchev–Trinajstić information content (AvgIpc) is 2.37. The van der Waals surface area contributed by atoms with Crippen molar-refractivity contribution in [2.75, 3.05) is 11.1 Å². The van der Waals surface area contributed by atoms with Crippen LogP contribution in [0.2, 0.25) is 0 Å². The minimum atomic E-state index is 0.711. The molecule has 94 valence electrons. The van der Waals surface area contributed by atoms with Crippen LogP contribution in [0.3, 0.4) is 0 Å². The van der Waals surface area contributed by atoms with Crippen molar-refractivity contribution < 1.29 is 0 Å². The zero-order valence-corrected chi connectivity index (χ0v) is 11.1. The van der Waals surface area contributed by atoms with Gasteiger partial charge in [0.15, 0.2) is 5.82 Å². The number of nitrogens with one attached hydrogen (secondary N) is 1. The number of anilines is 3. The number of nitrogens with zero attached hydrogens (tertiary/aromatic N) is 1. The Hall–Kier alpha value is -2.03. The third-order valence-corrected chi connectivity index (χ3v) is 3.19. The first-order valence-corrected chi connectivity index (χ1v) is 6.20. The van der Waals surface area contributed by atoms with E-state index in [1.807, 2.05) is 13.0 Å². The molecule has 0 aliphatic heterocycles.